The van der Waals surface area contributed by atoms with Gasteiger partial charge < -0.3 is 4.74 Å². The Morgan fingerprint density at radius 3 is 1.88 bits per heavy atom. The first kappa shape index (κ1) is 17.0. The lowest BCUT2D eigenvalue weighted by atomic mass is 9.88. The number of carbonyl (C=O) groups excluding carboxylic acids is 1. The average Bonchev–Trinajstić information content (AvgIpc) is 2.89. The molecule has 4 heteroatoms. The number of benzene rings is 2. The molecule has 1 fully saturated rings. The van der Waals surface area contributed by atoms with E-state index in [1.54, 1.807) is 60.7 Å². The van der Waals surface area contributed by atoms with Gasteiger partial charge in [0.05, 0.1) is 0 Å². The van der Waals surface area contributed by atoms with Crippen LogP contribution in [-0.4, -0.2) is 36.1 Å². The van der Waals surface area contributed by atoms with Gasteiger partial charge in [-0.15, -0.1) is 0 Å². The predicted octanol–water partition coefficient (Wildman–Crippen LogP) is 3.84. The molecule has 26 heavy (non-hydrogen) atoms. The number of hydrogen-bond acceptors (Lipinski definition) is 3. The third-order valence-electron chi connectivity index (χ3n) is 5.51. The number of hydrogen-bond donors (Lipinski definition) is 0. The van der Waals surface area contributed by atoms with Crippen LogP contribution >= 0.6 is 0 Å². The van der Waals surface area contributed by atoms with Crippen molar-refractivity contribution in [1.29, 1.82) is 0 Å². The molecule has 2 heterocycles. The number of carbonyl (C=O) groups is 1. The molecule has 2 unspecified atom stereocenters. The number of likely N-dealkylation sites (N-methyl/N-ethyl adjacent to an activating group) is 1. The maximum atomic E-state index is 16.2. The van der Waals surface area contributed by atoms with Crippen LogP contribution in [0.1, 0.15) is 24.0 Å². The zero-order valence-electron chi connectivity index (χ0n) is 14.7. The molecule has 0 aliphatic carbocycles. The summed E-state index contributed by atoms with van der Waals surface area (Å²) in [6.07, 6.45) is 5.43. The zero-order chi connectivity index (χ0) is 18.1. The third-order valence-corrected chi connectivity index (χ3v) is 5.51. The topological polar surface area (TPSA) is 29.5 Å². The Labute approximate surface area is 153 Å². The van der Waals surface area contributed by atoms with Crippen LogP contribution in [0, 0.1) is 0 Å². The van der Waals surface area contributed by atoms with Gasteiger partial charge in [-0.25, -0.2) is 9.18 Å². The summed E-state index contributed by atoms with van der Waals surface area (Å²) in [6, 6.07) is 17.6. The van der Waals surface area contributed by atoms with Crippen molar-refractivity contribution < 1.29 is 13.9 Å². The Balaban J connectivity index is 1.62. The maximum Gasteiger partial charge on any atom is 0.353 e. The van der Waals surface area contributed by atoms with Crippen LogP contribution in [0.2, 0.25) is 0 Å². The van der Waals surface area contributed by atoms with E-state index >= 15 is 4.39 Å². The van der Waals surface area contributed by atoms with E-state index in [0.717, 1.165) is 0 Å². The van der Waals surface area contributed by atoms with Crippen LogP contribution in [0.4, 0.5) is 4.39 Å². The minimum Gasteiger partial charge on any atom is -0.459 e. The van der Waals surface area contributed by atoms with E-state index in [1.165, 1.54) is 0 Å². The van der Waals surface area contributed by atoms with Gasteiger partial charge in [0, 0.05) is 36.1 Å². The van der Waals surface area contributed by atoms with Gasteiger partial charge in [0.2, 0.25) is 0 Å². The molecule has 1 saturated heterocycles. The van der Waals surface area contributed by atoms with E-state index in [0.29, 0.717) is 24.0 Å². The fourth-order valence-corrected chi connectivity index (χ4v) is 3.97. The van der Waals surface area contributed by atoms with Crippen LogP contribution in [0.25, 0.3) is 0 Å². The molecular weight excluding hydrogens is 329 g/mol. The van der Waals surface area contributed by atoms with Gasteiger partial charge in [-0.1, -0.05) is 72.8 Å². The molecule has 3 nitrogen and oxygen atoms in total. The Morgan fingerprint density at radius 1 is 0.962 bits per heavy atom. The molecule has 2 aliphatic rings. The second-order valence-electron chi connectivity index (χ2n) is 7.07. The number of alkyl halides is 1. The lowest BCUT2D eigenvalue weighted by Gasteiger charge is -2.37. The van der Waals surface area contributed by atoms with Crippen molar-refractivity contribution in [2.75, 3.05) is 7.05 Å². The van der Waals surface area contributed by atoms with Gasteiger partial charge in [0.25, 0.3) is 5.67 Å². The molecule has 2 aromatic rings. The molecule has 4 rings (SSSR count). The normalized spacial score (nSPS) is 25.2. The number of nitrogens with zero attached hydrogens (tertiary/aromatic N) is 1. The fraction of sp³-hybridized carbons (Fsp3) is 0.318. The van der Waals surface area contributed by atoms with Crippen LogP contribution in [0.3, 0.4) is 0 Å². The van der Waals surface area contributed by atoms with Gasteiger partial charge in [0.15, 0.2) is 0 Å². The fourth-order valence-electron chi connectivity index (χ4n) is 3.97. The molecule has 2 aliphatic heterocycles. The number of rotatable bonds is 4. The van der Waals surface area contributed by atoms with Gasteiger partial charge >= 0.3 is 5.97 Å². The number of fused-ring (bicyclic) bond motifs is 2. The summed E-state index contributed by atoms with van der Waals surface area (Å²) < 4.78 is 21.9. The average molecular weight is 351 g/mol. The summed E-state index contributed by atoms with van der Waals surface area (Å²) in [5.74, 6) is -0.830. The van der Waals surface area contributed by atoms with Gasteiger partial charge in [0.1, 0.15) is 6.10 Å². The highest BCUT2D eigenvalue weighted by molar-refractivity contribution is 5.85. The highest BCUT2D eigenvalue weighted by Crippen LogP contribution is 2.38. The van der Waals surface area contributed by atoms with Crippen LogP contribution < -0.4 is 0 Å². The summed E-state index contributed by atoms with van der Waals surface area (Å²) in [4.78, 5) is 15.3. The predicted molar refractivity (Wildman–Crippen MR) is 98.4 cm³/mol. The van der Waals surface area contributed by atoms with E-state index in [1.807, 2.05) is 0 Å². The molecule has 2 aromatic carbocycles. The van der Waals surface area contributed by atoms with Crippen LogP contribution in [-0.2, 0) is 15.2 Å². The summed E-state index contributed by atoms with van der Waals surface area (Å²) in [7, 11) is 2.07. The standard InChI is InChI=1S/C22H22FNO2/c1-24-18-12-13-19(24)15-20(14-18)26-21(25)22(23,16-8-4-2-5-9-16)17-10-6-3-7-11-17/h2-13,18-20H,14-15H2,1H3. The molecule has 134 valence electrons. The summed E-state index contributed by atoms with van der Waals surface area (Å²) in [5, 5.41) is 0. The van der Waals surface area contributed by atoms with Gasteiger partial charge in [-0.3, -0.25) is 4.90 Å². The highest BCUT2D eigenvalue weighted by atomic mass is 19.1. The monoisotopic (exact) mass is 351 g/mol. The first-order valence-corrected chi connectivity index (χ1v) is 9.00. The zero-order valence-corrected chi connectivity index (χ0v) is 14.7. The molecular formula is C22H22FNO2. The smallest absolute Gasteiger partial charge is 0.353 e. The number of halogens is 1. The minimum atomic E-state index is -2.31. The lowest BCUT2D eigenvalue weighted by molar-refractivity contribution is -0.164. The number of esters is 1. The summed E-state index contributed by atoms with van der Waals surface area (Å²) >= 11 is 0. The first-order valence-electron chi connectivity index (χ1n) is 9.00. The molecule has 0 amide bonds. The van der Waals surface area contributed by atoms with E-state index in [4.69, 9.17) is 4.74 Å². The van der Waals surface area contributed by atoms with Crippen molar-refractivity contribution in [3.8, 4) is 0 Å². The molecule has 0 aromatic heterocycles. The van der Waals surface area contributed by atoms with Crippen molar-refractivity contribution in [2.24, 2.45) is 0 Å². The summed E-state index contributed by atoms with van der Waals surface area (Å²) in [6.45, 7) is 0. The van der Waals surface area contributed by atoms with Gasteiger partial charge in [-0.2, -0.15) is 0 Å². The number of ether oxygens (including phenoxy) is 1. The Kier molecular flexibility index (Phi) is 4.37. The highest BCUT2D eigenvalue weighted by Gasteiger charge is 2.46. The van der Waals surface area contributed by atoms with E-state index in [-0.39, 0.29) is 18.2 Å². The van der Waals surface area contributed by atoms with Crippen molar-refractivity contribution in [1.82, 2.24) is 4.90 Å². The largest absolute Gasteiger partial charge is 0.459 e. The second-order valence-corrected chi connectivity index (χ2v) is 7.07. The molecule has 0 N–H and O–H groups in total. The Morgan fingerprint density at radius 2 is 1.42 bits per heavy atom. The maximum absolute atomic E-state index is 16.2. The molecule has 2 bridgehead atoms. The van der Waals surface area contributed by atoms with Gasteiger partial charge in [-0.05, 0) is 7.05 Å². The van der Waals surface area contributed by atoms with Crippen LogP contribution in [0.5, 0.6) is 0 Å². The van der Waals surface area contributed by atoms with E-state index in [9.17, 15) is 4.79 Å². The Hall–Kier alpha value is -2.46. The van der Waals surface area contributed by atoms with E-state index < -0.39 is 11.6 Å². The molecule has 0 radical (unpaired) electrons. The van der Waals surface area contributed by atoms with Crippen molar-refractivity contribution in [3.05, 3.63) is 83.9 Å². The van der Waals surface area contributed by atoms with E-state index in [2.05, 4.69) is 24.1 Å². The molecule has 2 atom stereocenters. The summed E-state index contributed by atoms with van der Waals surface area (Å²) in [5.41, 5.74) is -1.71. The van der Waals surface area contributed by atoms with Crippen molar-refractivity contribution in [3.63, 3.8) is 0 Å². The first-order chi connectivity index (χ1) is 12.6. The number of piperidine rings is 1. The lowest BCUT2D eigenvalue weighted by Crippen LogP contribution is -2.46. The van der Waals surface area contributed by atoms with Crippen molar-refractivity contribution in [2.45, 2.75) is 36.7 Å². The minimum absolute atomic E-state index is 0.258. The second kappa shape index (κ2) is 6.69. The quantitative estimate of drug-likeness (QED) is 0.619. The van der Waals surface area contributed by atoms with Crippen LogP contribution in [0.15, 0.2) is 72.8 Å². The third kappa shape index (κ3) is 2.84. The molecule has 0 saturated carbocycles. The SMILES string of the molecule is CN1C2C=CC1CC(OC(=O)C(F)(c1ccccc1)c1ccccc1)C2. The van der Waals surface area contributed by atoms with Crippen molar-refractivity contribution >= 4 is 5.97 Å². The molecule has 0 spiro atoms. The Bertz CT molecular complexity index is 750.